The molecule has 0 bridgehead atoms. The van der Waals surface area contributed by atoms with Crippen LogP contribution in [0.2, 0.25) is 0 Å². The lowest BCUT2D eigenvalue weighted by molar-refractivity contribution is -0.118. The van der Waals surface area contributed by atoms with Gasteiger partial charge in [-0.1, -0.05) is 12.1 Å². The first kappa shape index (κ1) is 23.5. The molecule has 8 heteroatoms. The van der Waals surface area contributed by atoms with Gasteiger partial charge in [0, 0.05) is 38.5 Å². The lowest BCUT2D eigenvalue weighted by atomic mass is 10.1. The molecule has 1 atom stereocenters. The summed E-state index contributed by atoms with van der Waals surface area (Å²) in [6, 6.07) is 6.19. The van der Waals surface area contributed by atoms with Crippen molar-refractivity contribution >= 4 is 35.8 Å². The number of ether oxygens (including phenoxy) is 2. The molecule has 2 rings (SSSR count). The number of benzene rings is 1. The summed E-state index contributed by atoms with van der Waals surface area (Å²) < 4.78 is 11.5. The highest BCUT2D eigenvalue weighted by atomic mass is 127. The molecule has 1 aliphatic rings. The Balaban J connectivity index is 0.00000364. The van der Waals surface area contributed by atoms with Crippen LogP contribution < -0.4 is 20.7 Å². The molecule has 1 aliphatic heterocycles. The molecule has 1 saturated heterocycles. The van der Waals surface area contributed by atoms with Gasteiger partial charge in [0.15, 0.2) is 5.96 Å². The van der Waals surface area contributed by atoms with Crippen LogP contribution in [0.1, 0.15) is 31.4 Å². The number of nitrogens with one attached hydrogen (secondary N) is 3. The molecule has 1 fully saturated rings. The topological polar surface area (TPSA) is 84.0 Å². The van der Waals surface area contributed by atoms with Crippen LogP contribution in [-0.4, -0.2) is 50.8 Å². The second-order valence-corrected chi connectivity index (χ2v) is 6.32. The Morgan fingerprint density at radius 3 is 2.74 bits per heavy atom. The molecule has 0 aromatic heterocycles. The van der Waals surface area contributed by atoms with E-state index in [9.17, 15) is 4.79 Å². The van der Waals surface area contributed by atoms with Crippen molar-refractivity contribution in [1.82, 2.24) is 16.0 Å². The third kappa shape index (κ3) is 8.79. The summed E-state index contributed by atoms with van der Waals surface area (Å²) in [6.07, 6.45) is 1.04. The smallest absolute Gasteiger partial charge is 0.216 e. The first-order valence-electron chi connectivity index (χ1n) is 9.19. The summed E-state index contributed by atoms with van der Waals surface area (Å²) in [4.78, 5) is 15.6. The maximum Gasteiger partial charge on any atom is 0.216 e. The first-order valence-corrected chi connectivity index (χ1v) is 9.19. The highest BCUT2D eigenvalue weighted by Crippen LogP contribution is 2.24. The predicted octanol–water partition coefficient (Wildman–Crippen LogP) is 1.97. The van der Waals surface area contributed by atoms with Gasteiger partial charge in [0.25, 0.3) is 0 Å². The van der Waals surface area contributed by atoms with Crippen LogP contribution in [0.5, 0.6) is 5.75 Å². The molecule has 0 spiro atoms. The maximum absolute atomic E-state index is 10.9. The van der Waals surface area contributed by atoms with Crippen molar-refractivity contribution in [3.8, 4) is 5.75 Å². The molecule has 1 unspecified atom stereocenters. The van der Waals surface area contributed by atoms with Crippen LogP contribution in [0.15, 0.2) is 23.2 Å². The Labute approximate surface area is 178 Å². The fourth-order valence-electron chi connectivity index (χ4n) is 2.61. The van der Waals surface area contributed by atoms with Crippen molar-refractivity contribution in [3.05, 3.63) is 29.3 Å². The molecule has 1 amide bonds. The maximum atomic E-state index is 10.9. The molecule has 152 valence electrons. The number of carbonyl (C=O) groups is 1. The Morgan fingerprint density at radius 2 is 2.07 bits per heavy atom. The minimum absolute atomic E-state index is 0. The summed E-state index contributed by atoms with van der Waals surface area (Å²) in [5.74, 6) is 1.55. The minimum atomic E-state index is -0.0360. The minimum Gasteiger partial charge on any atom is -0.488 e. The number of aryl methyl sites for hydroxylation is 1. The van der Waals surface area contributed by atoms with E-state index in [0.717, 1.165) is 36.4 Å². The highest BCUT2D eigenvalue weighted by Gasteiger charge is 2.18. The number of nitrogens with zero attached hydrogens (tertiary/aromatic N) is 1. The second kappa shape index (κ2) is 12.8. The van der Waals surface area contributed by atoms with Gasteiger partial charge in [0.05, 0.1) is 19.8 Å². The van der Waals surface area contributed by atoms with Crippen molar-refractivity contribution in [2.24, 2.45) is 4.99 Å². The van der Waals surface area contributed by atoms with Crippen LogP contribution in [0.4, 0.5) is 0 Å². The average Bonchev–Trinajstić information content (AvgIpc) is 3.10. The lowest BCUT2D eigenvalue weighted by Crippen LogP contribution is -2.41. The fraction of sp³-hybridized carbons (Fsp3) is 0.579. The monoisotopic (exact) mass is 490 g/mol. The van der Waals surface area contributed by atoms with Crippen LogP contribution in [0, 0.1) is 6.92 Å². The molecule has 0 saturated carbocycles. The van der Waals surface area contributed by atoms with Gasteiger partial charge >= 0.3 is 0 Å². The van der Waals surface area contributed by atoms with Crippen LogP contribution >= 0.6 is 24.0 Å². The van der Waals surface area contributed by atoms with Crippen molar-refractivity contribution in [2.45, 2.75) is 39.8 Å². The van der Waals surface area contributed by atoms with E-state index in [1.54, 1.807) is 0 Å². The summed E-state index contributed by atoms with van der Waals surface area (Å²) in [5, 5.41) is 9.18. The molecule has 7 nitrogen and oxygen atoms in total. The van der Waals surface area contributed by atoms with Crippen molar-refractivity contribution < 1.29 is 14.3 Å². The van der Waals surface area contributed by atoms with Crippen LogP contribution in [-0.2, 0) is 16.1 Å². The number of aliphatic imine (C=N–C) groups is 1. The molecule has 1 heterocycles. The fourth-order valence-corrected chi connectivity index (χ4v) is 2.61. The Bertz CT molecular complexity index is 619. The second-order valence-electron chi connectivity index (χ2n) is 6.32. The molecule has 0 aliphatic carbocycles. The summed E-state index contributed by atoms with van der Waals surface area (Å²) >= 11 is 0. The third-order valence-electron chi connectivity index (χ3n) is 3.95. The summed E-state index contributed by atoms with van der Waals surface area (Å²) in [6.45, 7) is 9.43. The molecule has 1 aromatic carbocycles. The predicted molar refractivity (Wildman–Crippen MR) is 118 cm³/mol. The molecule has 1 aromatic rings. The molecule has 0 radical (unpaired) electrons. The Hall–Kier alpha value is -1.55. The van der Waals surface area contributed by atoms with Gasteiger partial charge in [0.1, 0.15) is 11.9 Å². The van der Waals surface area contributed by atoms with Gasteiger partial charge < -0.3 is 25.4 Å². The Kier molecular flexibility index (Phi) is 11.1. The lowest BCUT2D eigenvalue weighted by Gasteiger charge is -2.16. The average molecular weight is 490 g/mol. The van der Waals surface area contributed by atoms with Crippen molar-refractivity contribution in [3.63, 3.8) is 0 Å². The van der Waals surface area contributed by atoms with E-state index in [1.807, 2.05) is 6.92 Å². The number of halogens is 1. The van der Waals surface area contributed by atoms with Gasteiger partial charge in [-0.25, -0.2) is 4.99 Å². The standard InChI is InChI=1S/C19H30N4O3.HI/c1-4-20-19(22-9-8-21-15(3)24)23-12-16-6-5-14(2)11-18(16)26-17-7-10-25-13-17;/h5-6,11,17H,4,7-10,12-13H2,1-3H3,(H,21,24)(H2,20,22,23);1H. The zero-order chi connectivity index (χ0) is 18.8. The Morgan fingerprint density at radius 1 is 1.30 bits per heavy atom. The molecule has 27 heavy (non-hydrogen) atoms. The van der Waals surface area contributed by atoms with Gasteiger partial charge in [-0.2, -0.15) is 0 Å². The van der Waals surface area contributed by atoms with Crippen molar-refractivity contribution in [1.29, 1.82) is 0 Å². The van der Waals surface area contributed by atoms with Crippen LogP contribution in [0.3, 0.4) is 0 Å². The van der Waals surface area contributed by atoms with Gasteiger partial charge in [0.2, 0.25) is 5.91 Å². The number of hydrogen-bond donors (Lipinski definition) is 3. The van der Waals surface area contributed by atoms with Gasteiger partial charge in [-0.3, -0.25) is 4.79 Å². The SMILES string of the molecule is CCNC(=NCc1ccc(C)cc1OC1CCOC1)NCCNC(C)=O.I. The van der Waals surface area contributed by atoms with E-state index in [0.29, 0.717) is 32.2 Å². The quantitative estimate of drug-likeness (QED) is 0.225. The summed E-state index contributed by atoms with van der Waals surface area (Å²) in [7, 11) is 0. The van der Waals surface area contributed by atoms with Gasteiger partial charge in [-0.15, -0.1) is 24.0 Å². The van der Waals surface area contributed by atoms with E-state index in [1.165, 1.54) is 6.92 Å². The van der Waals surface area contributed by atoms with E-state index in [-0.39, 0.29) is 36.0 Å². The molecular weight excluding hydrogens is 459 g/mol. The zero-order valence-corrected chi connectivity index (χ0v) is 18.7. The van der Waals surface area contributed by atoms with Crippen LogP contribution in [0.25, 0.3) is 0 Å². The van der Waals surface area contributed by atoms with Crippen molar-refractivity contribution in [2.75, 3.05) is 32.8 Å². The van der Waals surface area contributed by atoms with E-state index < -0.39 is 0 Å². The number of carbonyl (C=O) groups excluding carboxylic acids is 1. The highest BCUT2D eigenvalue weighted by molar-refractivity contribution is 14.0. The molecular formula is C19H31IN4O3. The normalized spacial score (nSPS) is 16.4. The number of rotatable bonds is 8. The van der Waals surface area contributed by atoms with Gasteiger partial charge in [-0.05, 0) is 25.5 Å². The number of hydrogen-bond acceptors (Lipinski definition) is 4. The largest absolute Gasteiger partial charge is 0.488 e. The van der Waals surface area contributed by atoms with E-state index in [2.05, 4.69) is 46.1 Å². The number of amides is 1. The summed E-state index contributed by atoms with van der Waals surface area (Å²) in [5.41, 5.74) is 2.20. The molecule has 3 N–H and O–H groups in total. The van der Waals surface area contributed by atoms with E-state index in [4.69, 9.17) is 9.47 Å². The van der Waals surface area contributed by atoms with E-state index >= 15 is 0 Å². The first-order chi connectivity index (χ1) is 12.6. The third-order valence-corrected chi connectivity index (χ3v) is 3.95. The zero-order valence-electron chi connectivity index (χ0n) is 16.3. The number of guanidine groups is 1.